The van der Waals surface area contributed by atoms with Gasteiger partial charge in [-0.15, -0.1) is 0 Å². The molecule has 18 heavy (non-hydrogen) atoms. The van der Waals surface area contributed by atoms with Gasteiger partial charge < -0.3 is 14.7 Å². The molecule has 1 aromatic carbocycles. The molecule has 1 amide bonds. The zero-order valence-corrected chi connectivity index (χ0v) is 10.7. The van der Waals surface area contributed by atoms with E-state index in [-0.39, 0.29) is 12.5 Å². The monoisotopic (exact) mass is 271 g/mol. The SMILES string of the molecule is CN(Cc1cccc(Cl)c1)C(=O)COCC(=O)O. The molecule has 0 aliphatic heterocycles. The van der Waals surface area contributed by atoms with Crippen molar-refractivity contribution in [1.82, 2.24) is 4.90 Å². The molecule has 0 atom stereocenters. The Hall–Kier alpha value is -1.59. The lowest BCUT2D eigenvalue weighted by molar-refractivity contribution is -0.145. The Labute approximate surface area is 110 Å². The molecule has 0 saturated carbocycles. The van der Waals surface area contributed by atoms with Crippen LogP contribution in [0.5, 0.6) is 0 Å². The van der Waals surface area contributed by atoms with Gasteiger partial charge in [0.25, 0.3) is 0 Å². The highest BCUT2D eigenvalue weighted by atomic mass is 35.5. The molecular weight excluding hydrogens is 258 g/mol. The van der Waals surface area contributed by atoms with Crippen LogP contribution in [-0.2, 0) is 20.9 Å². The Balaban J connectivity index is 2.42. The van der Waals surface area contributed by atoms with Gasteiger partial charge in [-0.05, 0) is 17.7 Å². The van der Waals surface area contributed by atoms with Crippen LogP contribution in [0, 0.1) is 0 Å². The highest BCUT2D eigenvalue weighted by Gasteiger charge is 2.10. The molecule has 1 N–H and O–H groups in total. The fourth-order valence-corrected chi connectivity index (χ4v) is 1.55. The van der Waals surface area contributed by atoms with Crippen molar-refractivity contribution in [3.05, 3.63) is 34.9 Å². The summed E-state index contributed by atoms with van der Waals surface area (Å²) in [6, 6.07) is 7.18. The molecule has 0 aliphatic carbocycles. The number of carbonyl (C=O) groups is 2. The molecule has 98 valence electrons. The molecule has 0 aromatic heterocycles. The van der Waals surface area contributed by atoms with Crippen molar-refractivity contribution in [2.75, 3.05) is 20.3 Å². The first-order valence-electron chi connectivity index (χ1n) is 5.27. The maximum atomic E-state index is 11.6. The van der Waals surface area contributed by atoms with E-state index in [1.165, 1.54) is 4.90 Å². The molecule has 0 fully saturated rings. The first-order chi connectivity index (χ1) is 8.49. The Bertz CT molecular complexity index is 436. The number of amides is 1. The van der Waals surface area contributed by atoms with Crippen molar-refractivity contribution < 1.29 is 19.4 Å². The number of ether oxygens (including phenoxy) is 1. The van der Waals surface area contributed by atoms with E-state index in [4.69, 9.17) is 21.4 Å². The predicted octanol–water partition coefficient (Wildman–Crippen LogP) is 1.40. The van der Waals surface area contributed by atoms with E-state index in [0.717, 1.165) is 5.56 Å². The van der Waals surface area contributed by atoms with Crippen molar-refractivity contribution in [1.29, 1.82) is 0 Å². The number of rotatable bonds is 6. The first-order valence-corrected chi connectivity index (χ1v) is 5.65. The number of carboxylic acid groups (broad SMARTS) is 1. The van der Waals surface area contributed by atoms with Gasteiger partial charge in [-0.3, -0.25) is 4.79 Å². The summed E-state index contributed by atoms with van der Waals surface area (Å²) in [4.78, 5) is 23.3. The lowest BCUT2D eigenvalue weighted by atomic mass is 10.2. The summed E-state index contributed by atoms with van der Waals surface area (Å²) in [7, 11) is 1.62. The first kappa shape index (κ1) is 14.5. The number of carbonyl (C=O) groups excluding carboxylic acids is 1. The van der Waals surface area contributed by atoms with Gasteiger partial charge >= 0.3 is 5.97 Å². The molecule has 0 bridgehead atoms. The minimum Gasteiger partial charge on any atom is -0.480 e. The summed E-state index contributed by atoms with van der Waals surface area (Å²) < 4.78 is 4.72. The van der Waals surface area contributed by atoms with Crippen LogP contribution in [0.3, 0.4) is 0 Å². The van der Waals surface area contributed by atoms with E-state index < -0.39 is 12.6 Å². The van der Waals surface area contributed by atoms with Crippen LogP contribution < -0.4 is 0 Å². The normalized spacial score (nSPS) is 10.1. The topological polar surface area (TPSA) is 66.8 Å². The summed E-state index contributed by atoms with van der Waals surface area (Å²) >= 11 is 5.83. The largest absolute Gasteiger partial charge is 0.480 e. The van der Waals surface area contributed by atoms with Crippen molar-refractivity contribution in [2.45, 2.75) is 6.54 Å². The molecule has 0 spiro atoms. The molecular formula is C12H14ClNO4. The van der Waals surface area contributed by atoms with Crippen molar-refractivity contribution in [3.63, 3.8) is 0 Å². The average Bonchev–Trinajstić information content (AvgIpc) is 2.28. The third kappa shape index (κ3) is 5.16. The second-order valence-electron chi connectivity index (χ2n) is 3.77. The summed E-state index contributed by atoms with van der Waals surface area (Å²) in [5, 5.41) is 8.97. The Morgan fingerprint density at radius 1 is 1.39 bits per heavy atom. The molecule has 0 saturated heterocycles. The predicted molar refractivity (Wildman–Crippen MR) is 66.4 cm³/mol. The van der Waals surface area contributed by atoms with Crippen molar-refractivity contribution in [3.8, 4) is 0 Å². The number of carboxylic acids is 1. The van der Waals surface area contributed by atoms with Gasteiger partial charge in [-0.1, -0.05) is 23.7 Å². The van der Waals surface area contributed by atoms with Crippen LogP contribution in [0.2, 0.25) is 5.02 Å². The van der Waals surface area contributed by atoms with Crippen LogP contribution in [0.25, 0.3) is 0 Å². The van der Waals surface area contributed by atoms with Gasteiger partial charge in [-0.2, -0.15) is 0 Å². The summed E-state index contributed by atoms with van der Waals surface area (Å²) in [5.41, 5.74) is 0.900. The average molecular weight is 272 g/mol. The van der Waals surface area contributed by atoms with Gasteiger partial charge in [0.05, 0.1) is 0 Å². The molecule has 0 radical (unpaired) electrons. The number of nitrogens with zero attached hydrogens (tertiary/aromatic N) is 1. The van der Waals surface area contributed by atoms with E-state index in [1.807, 2.05) is 6.07 Å². The number of likely N-dealkylation sites (N-methyl/N-ethyl adjacent to an activating group) is 1. The zero-order valence-electron chi connectivity index (χ0n) is 9.93. The molecule has 0 aliphatic rings. The van der Waals surface area contributed by atoms with Crippen LogP contribution in [0.4, 0.5) is 0 Å². The smallest absolute Gasteiger partial charge is 0.329 e. The van der Waals surface area contributed by atoms with E-state index in [2.05, 4.69) is 0 Å². The summed E-state index contributed by atoms with van der Waals surface area (Å²) in [6.07, 6.45) is 0. The summed E-state index contributed by atoms with van der Waals surface area (Å²) in [6.45, 7) is -0.323. The minimum atomic E-state index is -1.10. The van der Waals surface area contributed by atoms with Crippen LogP contribution in [-0.4, -0.2) is 42.1 Å². The molecule has 6 heteroatoms. The Morgan fingerprint density at radius 3 is 2.72 bits per heavy atom. The van der Waals surface area contributed by atoms with Crippen LogP contribution >= 0.6 is 11.6 Å². The second-order valence-corrected chi connectivity index (χ2v) is 4.20. The Morgan fingerprint density at radius 2 is 2.11 bits per heavy atom. The second kappa shape index (κ2) is 6.98. The third-order valence-corrected chi connectivity index (χ3v) is 2.42. The number of halogens is 1. The van der Waals surface area contributed by atoms with Crippen LogP contribution in [0.1, 0.15) is 5.56 Å². The van der Waals surface area contributed by atoms with E-state index >= 15 is 0 Å². The number of benzene rings is 1. The van der Waals surface area contributed by atoms with Gasteiger partial charge in [0.2, 0.25) is 5.91 Å². The van der Waals surface area contributed by atoms with Gasteiger partial charge in [0, 0.05) is 18.6 Å². The Kier molecular flexibility index (Phi) is 5.61. The molecule has 0 unspecified atom stereocenters. The number of hydrogen-bond acceptors (Lipinski definition) is 3. The molecule has 1 aromatic rings. The fourth-order valence-electron chi connectivity index (χ4n) is 1.33. The highest BCUT2D eigenvalue weighted by Crippen LogP contribution is 2.12. The molecule has 1 rings (SSSR count). The van der Waals surface area contributed by atoms with E-state index in [0.29, 0.717) is 11.6 Å². The lowest BCUT2D eigenvalue weighted by Gasteiger charge is -2.17. The van der Waals surface area contributed by atoms with Crippen molar-refractivity contribution in [2.24, 2.45) is 0 Å². The van der Waals surface area contributed by atoms with Crippen LogP contribution in [0.15, 0.2) is 24.3 Å². The third-order valence-electron chi connectivity index (χ3n) is 2.19. The summed E-state index contributed by atoms with van der Waals surface area (Å²) in [5.74, 6) is -1.38. The number of aliphatic carboxylic acids is 1. The maximum absolute atomic E-state index is 11.6. The van der Waals surface area contributed by atoms with Gasteiger partial charge in [-0.25, -0.2) is 4.79 Å². The number of hydrogen-bond donors (Lipinski definition) is 1. The quantitative estimate of drug-likeness (QED) is 0.849. The van der Waals surface area contributed by atoms with E-state index in [1.54, 1.807) is 25.2 Å². The van der Waals surface area contributed by atoms with Gasteiger partial charge in [0.1, 0.15) is 13.2 Å². The molecule has 5 nitrogen and oxygen atoms in total. The fraction of sp³-hybridized carbons (Fsp3) is 0.333. The zero-order chi connectivity index (χ0) is 13.5. The maximum Gasteiger partial charge on any atom is 0.329 e. The van der Waals surface area contributed by atoms with Gasteiger partial charge in [0.15, 0.2) is 0 Å². The van der Waals surface area contributed by atoms with Crippen molar-refractivity contribution >= 4 is 23.5 Å². The van der Waals surface area contributed by atoms with E-state index in [9.17, 15) is 9.59 Å². The minimum absolute atomic E-state index is 0.247. The highest BCUT2D eigenvalue weighted by molar-refractivity contribution is 6.30. The molecule has 0 heterocycles. The lowest BCUT2D eigenvalue weighted by Crippen LogP contribution is -2.30. The standard InChI is InChI=1S/C12H14ClNO4/c1-14(11(15)7-18-8-12(16)17)6-9-3-2-4-10(13)5-9/h2-5H,6-8H2,1H3,(H,16,17).